The second-order valence-corrected chi connectivity index (χ2v) is 11.3. The van der Waals surface area contributed by atoms with E-state index in [-0.39, 0.29) is 33.0 Å². The Bertz CT molecular complexity index is 1460. The Labute approximate surface area is 277 Å². The lowest BCUT2D eigenvalue weighted by atomic mass is 9.83. The molecule has 0 bridgehead atoms. The summed E-state index contributed by atoms with van der Waals surface area (Å²) < 4.78 is 43.4. The van der Waals surface area contributed by atoms with Crippen LogP contribution in [0.4, 0.5) is 0 Å². The van der Waals surface area contributed by atoms with Crippen LogP contribution in [-0.4, -0.2) is 62.6 Å². The lowest BCUT2D eigenvalue weighted by molar-refractivity contribution is -0.280. The normalized spacial score (nSPS) is 22.4. The van der Waals surface area contributed by atoms with Crippen LogP contribution in [0.1, 0.15) is 22.3 Å². The van der Waals surface area contributed by atoms with Crippen molar-refractivity contribution in [2.75, 3.05) is 20.8 Å². The topological polar surface area (TPSA) is 84.8 Å². The van der Waals surface area contributed by atoms with E-state index in [2.05, 4.69) is 6.58 Å². The molecule has 4 aromatic carbocycles. The molecule has 0 amide bonds. The van der Waals surface area contributed by atoms with Crippen LogP contribution in [0.5, 0.6) is 11.5 Å². The van der Waals surface area contributed by atoms with Crippen molar-refractivity contribution in [1.82, 2.24) is 0 Å². The number of aliphatic hydroxyl groups is 1. The summed E-state index contributed by atoms with van der Waals surface area (Å²) in [6.07, 6.45) is -3.15. The fraction of sp³-hybridized carbons (Fsp3) is 0.333. The van der Waals surface area contributed by atoms with Crippen LogP contribution in [0.3, 0.4) is 0 Å². The Morgan fingerprint density at radius 3 is 1.21 bits per heavy atom. The first-order chi connectivity index (χ1) is 23.1. The van der Waals surface area contributed by atoms with Crippen molar-refractivity contribution in [2.24, 2.45) is 0 Å². The maximum atomic E-state index is 12.0. The number of methoxy groups -OCH3 is 2. The first-order valence-corrected chi connectivity index (χ1v) is 15.8. The van der Waals surface area contributed by atoms with E-state index in [1.807, 2.05) is 109 Å². The largest absolute Gasteiger partial charge is 0.497 e. The van der Waals surface area contributed by atoms with Crippen LogP contribution in [0.15, 0.2) is 122 Å². The fourth-order valence-corrected chi connectivity index (χ4v) is 5.63. The van der Waals surface area contributed by atoms with Crippen molar-refractivity contribution >= 4 is 0 Å². The molecule has 1 N–H and O–H groups in total. The average molecular weight is 641 g/mol. The van der Waals surface area contributed by atoms with Gasteiger partial charge in [-0.3, -0.25) is 0 Å². The number of hydrogen-bond acceptors (Lipinski definition) is 8. The number of benzene rings is 4. The van der Waals surface area contributed by atoms with Crippen molar-refractivity contribution in [3.8, 4) is 11.5 Å². The van der Waals surface area contributed by atoms with Crippen LogP contribution in [0, 0.1) is 0 Å². The zero-order chi connectivity index (χ0) is 32.8. The quantitative estimate of drug-likeness (QED) is 0.135. The molecule has 1 aliphatic carbocycles. The SMILES string of the molecule is C=CCO[C@@H]1[C@H](O)[C@H](OCc2ccccc2)[C@@H](OCc2ccc(OC)cc2)[C@H](OCc2ccc(OC)cc2)[C@H]1OCc1ccccc1. The summed E-state index contributed by atoms with van der Waals surface area (Å²) in [4.78, 5) is 0. The lowest BCUT2D eigenvalue weighted by Gasteiger charge is -2.48. The third-order valence-electron chi connectivity index (χ3n) is 8.15. The van der Waals surface area contributed by atoms with Gasteiger partial charge in [-0.25, -0.2) is 0 Å². The van der Waals surface area contributed by atoms with Crippen LogP contribution >= 0.6 is 0 Å². The number of aliphatic hydroxyl groups excluding tert-OH is 1. The number of rotatable bonds is 17. The Kier molecular flexibility index (Phi) is 13.0. The zero-order valence-electron chi connectivity index (χ0n) is 27.0. The fourth-order valence-electron chi connectivity index (χ4n) is 5.63. The molecule has 0 radical (unpaired) electrons. The number of ether oxygens (including phenoxy) is 7. The molecule has 47 heavy (non-hydrogen) atoms. The minimum Gasteiger partial charge on any atom is -0.497 e. The minimum atomic E-state index is -1.10. The summed E-state index contributed by atoms with van der Waals surface area (Å²) in [6.45, 7) is 5.10. The van der Waals surface area contributed by atoms with E-state index in [1.54, 1.807) is 20.3 Å². The second kappa shape index (κ2) is 17.8. The Balaban J connectivity index is 1.48. The molecule has 0 aromatic heterocycles. The highest BCUT2D eigenvalue weighted by molar-refractivity contribution is 5.28. The predicted octanol–water partition coefficient (Wildman–Crippen LogP) is 6.29. The molecule has 0 saturated heterocycles. The molecule has 1 aliphatic rings. The molecular weight excluding hydrogens is 596 g/mol. The Morgan fingerprint density at radius 2 is 0.830 bits per heavy atom. The van der Waals surface area contributed by atoms with Gasteiger partial charge in [0.25, 0.3) is 0 Å². The first-order valence-electron chi connectivity index (χ1n) is 15.8. The summed E-state index contributed by atoms with van der Waals surface area (Å²) in [7, 11) is 3.27. The lowest BCUT2D eigenvalue weighted by Crippen LogP contribution is -2.66. The molecule has 0 unspecified atom stereocenters. The summed E-state index contributed by atoms with van der Waals surface area (Å²) in [5.41, 5.74) is 3.83. The molecule has 6 atom stereocenters. The van der Waals surface area contributed by atoms with Crippen molar-refractivity contribution in [1.29, 1.82) is 0 Å². The van der Waals surface area contributed by atoms with Crippen LogP contribution in [0.25, 0.3) is 0 Å². The van der Waals surface area contributed by atoms with Gasteiger partial charge < -0.3 is 38.3 Å². The van der Waals surface area contributed by atoms with Crippen molar-refractivity contribution in [2.45, 2.75) is 63.1 Å². The zero-order valence-corrected chi connectivity index (χ0v) is 27.0. The van der Waals surface area contributed by atoms with Gasteiger partial charge in [-0.05, 0) is 46.5 Å². The minimum absolute atomic E-state index is 0.209. The summed E-state index contributed by atoms with van der Waals surface area (Å²) in [5, 5.41) is 12.0. The van der Waals surface area contributed by atoms with Gasteiger partial charge in [0, 0.05) is 0 Å². The van der Waals surface area contributed by atoms with Gasteiger partial charge in [0.05, 0.1) is 47.3 Å². The highest BCUT2D eigenvalue weighted by Gasteiger charge is 2.54. The van der Waals surface area contributed by atoms with Gasteiger partial charge >= 0.3 is 0 Å². The summed E-state index contributed by atoms with van der Waals surface area (Å²) in [5.74, 6) is 1.51. The average Bonchev–Trinajstić information content (AvgIpc) is 3.13. The third-order valence-corrected chi connectivity index (χ3v) is 8.15. The molecule has 8 heteroatoms. The van der Waals surface area contributed by atoms with E-state index in [9.17, 15) is 5.11 Å². The molecule has 4 aromatic rings. The van der Waals surface area contributed by atoms with Crippen molar-refractivity contribution in [3.05, 3.63) is 144 Å². The van der Waals surface area contributed by atoms with E-state index < -0.39 is 36.6 Å². The summed E-state index contributed by atoms with van der Waals surface area (Å²) >= 11 is 0. The highest BCUT2D eigenvalue weighted by atomic mass is 16.6. The van der Waals surface area contributed by atoms with Gasteiger partial charge in [0.1, 0.15) is 48.1 Å². The van der Waals surface area contributed by atoms with Gasteiger partial charge in [0.15, 0.2) is 0 Å². The monoisotopic (exact) mass is 640 g/mol. The van der Waals surface area contributed by atoms with Crippen LogP contribution < -0.4 is 9.47 Å². The molecular formula is C39H44O8. The van der Waals surface area contributed by atoms with Crippen LogP contribution in [0.2, 0.25) is 0 Å². The smallest absolute Gasteiger partial charge is 0.118 e. The highest BCUT2D eigenvalue weighted by Crippen LogP contribution is 2.34. The van der Waals surface area contributed by atoms with E-state index in [0.29, 0.717) is 0 Å². The molecule has 1 fully saturated rings. The molecule has 248 valence electrons. The standard InChI is InChI=1S/C39H44O8/c1-4-23-43-35-34(40)36(44-24-28-11-7-5-8-12-28)38(46-26-30-15-19-32(41-2)20-16-30)39(37(35)45-25-29-13-9-6-10-14-29)47-27-31-17-21-33(42-3)22-18-31/h4-22,34-40H,1,23-27H2,2-3H3/t34-,35+,36-,37-,38+,39+/m0/s1. The molecule has 0 aliphatic heterocycles. The van der Waals surface area contributed by atoms with Crippen molar-refractivity contribution in [3.63, 3.8) is 0 Å². The second-order valence-electron chi connectivity index (χ2n) is 11.3. The van der Waals surface area contributed by atoms with E-state index >= 15 is 0 Å². The van der Waals surface area contributed by atoms with Gasteiger partial charge in [0.2, 0.25) is 0 Å². The first kappa shape index (κ1) is 34.3. The third kappa shape index (κ3) is 9.51. The van der Waals surface area contributed by atoms with Gasteiger partial charge in [-0.1, -0.05) is 91.0 Å². The van der Waals surface area contributed by atoms with E-state index in [4.69, 9.17) is 33.2 Å². The predicted molar refractivity (Wildman–Crippen MR) is 179 cm³/mol. The summed E-state index contributed by atoms with van der Waals surface area (Å²) in [6, 6.07) is 35.1. The Hall–Kier alpha value is -4.02. The molecule has 0 spiro atoms. The van der Waals surface area contributed by atoms with E-state index in [1.165, 1.54) is 0 Å². The van der Waals surface area contributed by atoms with Gasteiger partial charge in [-0.2, -0.15) is 0 Å². The van der Waals surface area contributed by atoms with Crippen LogP contribution in [-0.2, 0) is 50.1 Å². The van der Waals surface area contributed by atoms with Gasteiger partial charge in [-0.15, -0.1) is 6.58 Å². The Morgan fingerprint density at radius 1 is 0.489 bits per heavy atom. The maximum absolute atomic E-state index is 12.0. The molecule has 8 nitrogen and oxygen atoms in total. The van der Waals surface area contributed by atoms with E-state index in [0.717, 1.165) is 33.8 Å². The maximum Gasteiger partial charge on any atom is 0.118 e. The molecule has 5 rings (SSSR count). The van der Waals surface area contributed by atoms with Crippen molar-refractivity contribution < 1.29 is 38.3 Å². The molecule has 0 heterocycles. The number of hydrogen-bond donors (Lipinski definition) is 1. The molecule has 1 saturated carbocycles.